The van der Waals surface area contributed by atoms with E-state index >= 15 is 0 Å². The Morgan fingerprint density at radius 2 is 1.92 bits per heavy atom. The molecule has 1 N–H and O–H groups in total. The molecule has 6 heteroatoms. The summed E-state index contributed by atoms with van der Waals surface area (Å²) in [7, 11) is 0. The largest absolute Gasteiger partial charge is 0.445 e. The maximum absolute atomic E-state index is 11.6. The molecule has 0 heterocycles. The predicted molar refractivity (Wildman–Crippen MR) is 98.7 cm³/mol. The first-order valence-corrected chi connectivity index (χ1v) is 8.16. The van der Waals surface area contributed by atoms with Crippen molar-refractivity contribution in [1.82, 2.24) is 5.32 Å². The summed E-state index contributed by atoms with van der Waals surface area (Å²) in [5, 5.41) is 13.6. The van der Waals surface area contributed by atoms with Crippen molar-refractivity contribution in [2.45, 2.75) is 26.9 Å². The summed E-state index contributed by atoms with van der Waals surface area (Å²) in [6, 6.07) is 12.6. The Hall–Kier alpha value is -3.33. The van der Waals surface area contributed by atoms with Gasteiger partial charge in [0.25, 0.3) is 5.69 Å². The van der Waals surface area contributed by atoms with Gasteiger partial charge in [-0.3, -0.25) is 10.1 Å². The number of nitro benzene ring substituents is 1. The molecule has 26 heavy (non-hydrogen) atoms. The van der Waals surface area contributed by atoms with Crippen molar-refractivity contribution in [1.29, 1.82) is 0 Å². The Bertz CT molecular complexity index is 851. The van der Waals surface area contributed by atoms with Crippen LogP contribution in [0.2, 0.25) is 0 Å². The van der Waals surface area contributed by atoms with Gasteiger partial charge in [-0.25, -0.2) is 4.79 Å². The van der Waals surface area contributed by atoms with Gasteiger partial charge in [-0.15, -0.1) is 0 Å². The van der Waals surface area contributed by atoms with Crippen molar-refractivity contribution in [3.05, 3.63) is 74.8 Å². The maximum Gasteiger partial charge on any atom is 0.407 e. The number of hydrogen-bond acceptors (Lipinski definition) is 4. The molecule has 0 bridgehead atoms. The van der Waals surface area contributed by atoms with Crippen molar-refractivity contribution in [2.24, 2.45) is 0 Å². The lowest BCUT2D eigenvalue weighted by molar-refractivity contribution is -0.385. The lowest BCUT2D eigenvalue weighted by atomic mass is 10.0. The molecular formula is C20H20N2O4. The van der Waals surface area contributed by atoms with E-state index in [0.29, 0.717) is 24.1 Å². The molecule has 0 aliphatic heterocycles. The number of alkyl carbamates (subject to hydrolysis) is 1. The Morgan fingerprint density at radius 3 is 2.62 bits per heavy atom. The van der Waals surface area contributed by atoms with E-state index in [-0.39, 0.29) is 12.3 Å². The van der Waals surface area contributed by atoms with Crippen molar-refractivity contribution in [2.75, 3.05) is 6.54 Å². The molecule has 0 saturated carbocycles. The molecule has 1 amide bonds. The van der Waals surface area contributed by atoms with Gasteiger partial charge >= 0.3 is 6.09 Å². The molecular weight excluding hydrogens is 332 g/mol. The van der Waals surface area contributed by atoms with Gasteiger partial charge in [0.2, 0.25) is 0 Å². The van der Waals surface area contributed by atoms with Crippen molar-refractivity contribution in [3.8, 4) is 11.8 Å². The molecule has 0 spiro atoms. The van der Waals surface area contributed by atoms with Crippen molar-refractivity contribution >= 4 is 11.8 Å². The summed E-state index contributed by atoms with van der Waals surface area (Å²) in [5.74, 6) is 5.83. The third-order valence-corrected chi connectivity index (χ3v) is 3.69. The molecule has 134 valence electrons. The number of aryl methyl sites for hydroxylation is 2. The van der Waals surface area contributed by atoms with Gasteiger partial charge in [0.1, 0.15) is 6.61 Å². The van der Waals surface area contributed by atoms with Gasteiger partial charge in [-0.2, -0.15) is 0 Å². The molecule has 0 aromatic heterocycles. The van der Waals surface area contributed by atoms with Gasteiger partial charge in [-0.05, 0) is 31.0 Å². The second kappa shape index (κ2) is 9.23. The fraction of sp³-hybridized carbons (Fsp3) is 0.250. The number of nitrogens with one attached hydrogen (secondary N) is 1. The highest BCUT2D eigenvalue weighted by atomic mass is 16.6. The number of carbonyl (C=O) groups excluding carboxylic acids is 1. The van der Waals surface area contributed by atoms with Crippen LogP contribution in [0, 0.1) is 35.8 Å². The van der Waals surface area contributed by atoms with E-state index in [2.05, 4.69) is 17.2 Å². The topological polar surface area (TPSA) is 81.5 Å². The SMILES string of the molecule is Cc1cc(C)c([N+](=O)[O-])cc1C#CCCNC(=O)OCc1ccccc1. The molecule has 0 unspecified atom stereocenters. The highest BCUT2D eigenvalue weighted by molar-refractivity contribution is 5.67. The summed E-state index contributed by atoms with van der Waals surface area (Å²) < 4.78 is 5.09. The Labute approximate surface area is 152 Å². The molecule has 0 aliphatic rings. The molecule has 0 saturated heterocycles. The van der Waals surface area contributed by atoms with Crippen LogP contribution in [0.5, 0.6) is 0 Å². The van der Waals surface area contributed by atoms with Gasteiger partial charge in [0, 0.05) is 30.2 Å². The van der Waals surface area contributed by atoms with Crippen molar-refractivity contribution < 1.29 is 14.5 Å². The van der Waals surface area contributed by atoms with Crippen LogP contribution in [0.3, 0.4) is 0 Å². The van der Waals surface area contributed by atoms with E-state index in [1.165, 1.54) is 6.07 Å². The molecule has 6 nitrogen and oxygen atoms in total. The average Bonchev–Trinajstić information content (AvgIpc) is 2.61. The number of nitro groups is 1. The van der Waals surface area contributed by atoms with E-state index in [4.69, 9.17) is 4.74 Å². The Kier molecular flexibility index (Phi) is 6.75. The first-order chi connectivity index (χ1) is 12.5. The molecule has 2 aromatic rings. The van der Waals surface area contributed by atoms with E-state index in [0.717, 1.165) is 11.1 Å². The smallest absolute Gasteiger partial charge is 0.407 e. The number of hydrogen-bond donors (Lipinski definition) is 1. The van der Waals surface area contributed by atoms with Crippen LogP contribution >= 0.6 is 0 Å². The van der Waals surface area contributed by atoms with Gasteiger partial charge in [0.05, 0.1) is 4.92 Å². The zero-order valence-electron chi connectivity index (χ0n) is 14.7. The fourth-order valence-corrected chi connectivity index (χ4v) is 2.33. The predicted octanol–water partition coefficient (Wildman–Crippen LogP) is 3.88. The summed E-state index contributed by atoms with van der Waals surface area (Å²) in [6.45, 7) is 4.12. The van der Waals surface area contributed by atoms with Crippen LogP contribution in [0.25, 0.3) is 0 Å². The monoisotopic (exact) mass is 352 g/mol. The van der Waals surface area contributed by atoms with Crippen LogP contribution in [0.15, 0.2) is 42.5 Å². The quantitative estimate of drug-likeness (QED) is 0.383. The van der Waals surface area contributed by atoms with Crippen LogP contribution in [0.4, 0.5) is 10.5 Å². The lowest BCUT2D eigenvalue weighted by Crippen LogP contribution is -2.24. The van der Waals surface area contributed by atoms with E-state index in [1.807, 2.05) is 37.3 Å². The minimum atomic E-state index is -0.502. The third kappa shape index (κ3) is 5.64. The van der Waals surface area contributed by atoms with Crippen LogP contribution < -0.4 is 5.32 Å². The number of carbonyl (C=O) groups is 1. The van der Waals surface area contributed by atoms with E-state index in [9.17, 15) is 14.9 Å². The number of nitrogens with zero attached hydrogens (tertiary/aromatic N) is 1. The summed E-state index contributed by atoms with van der Waals surface area (Å²) in [4.78, 5) is 22.2. The van der Waals surface area contributed by atoms with Gasteiger partial charge in [-0.1, -0.05) is 42.2 Å². The van der Waals surface area contributed by atoms with E-state index in [1.54, 1.807) is 13.0 Å². The Balaban J connectivity index is 1.81. The van der Waals surface area contributed by atoms with Crippen LogP contribution in [-0.4, -0.2) is 17.6 Å². The Morgan fingerprint density at radius 1 is 1.19 bits per heavy atom. The maximum atomic E-state index is 11.6. The second-order valence-corrected chi connectivity index (χ2v) is 5.75. The number of amides is 1. The first-order valence-electron chi connectivity index (χ1n) is 8.16. The third-order valence-electron chi connectivity index (χ3n) is 3.69. The number of ether oxygens (including phenoxy) is 1. The highest BCUT2D eigenvalue weighted by Crippen LogP contribution is 2.21. The standard InChI is InChI=1S/C20H20N2O4/c1-15-12-16(2)19(22(24)25)13-18(15)10-6-7-11-21-20(23)26-14-17-8-4-3-5-9-17/h3-5,8-9,12-13H,7,11,14H2,1-2H3,(H,21,23). The number of benzene rings is 2. The normalized spacial score (nSPS) is 9.77. The van der Waals surface area contributed by atoms with Gasteiger partial charge < -0.3 is 10.1 Å². The zero-order valence-corrected chi connectivity index (χ0v) is 14.7. The number of rotatable bonds is 5. The fourth-order valence-electron chi connectivity index (χ4n) is 2.33. The first kappa shape index (κ1) is 19.0. The minimum Gasteiger partial charge on any atom is -0.445 e. The summed E-state index contributed by atoms with van der Waals surface area (Å²) in [5.41, 5.74) is 3.09. The molecule has 0 radical (unpaired) electrons. The van der Waals surface area contributed by atoms with Gasteiger partial charge in [0.15, 0.2) is 0 Å². The second-order valence-electron chi connectivity index (χ2n) is 5.75. The van der Waals surface area contributed by atoms with Crippen molar-refractivity contribution in [3.63, 3.8) is 0 Å². The molecule has 0 aliphatic carbocycles. The molecule has 0 fully saturated rings. The molecule has 2 aromatic carbocycles. The van der Waals surface area contributed by atoms with E-state index < -0.39 is 11.0 Å². The van der Waals surface area contributed by atoms with Crippen LogP contribution in [-0.2, 0) is 11.3 Å². The minimum absolute atomic E-state index is 0.0579. The molecule has 2 rings (SSSR count). The molecule has 0 atom stereocenters. The highest BCUT2D eigenvalue weighted by Gasteiger charge is 2.12. The summed E-state index contributed by atoms with van der Waals surface area (Å²) in [6.07, 6.45) is -0.0838. The average molecular weight is 352 g/mol. The lowest BCUT2D eigenvalue weighted by Gasteiger charge is -2.05. The van der Waals surface area contributed by atoms with Crippen LogP contribution in [0.1, 0.15) is 28.7 Å². The zero-order chi connectivity index (χ0) is 18.9. The summed E-state index contributed by atoms with van der Waals surface area (Å²) >= 11 is 0.